The van der Waals surface area contributed by atoms with Gasteiger partial charge in [0.25, 0.3) is 0 Å². The highest BCUT2D eigenvalue weighted by molar-refractivity contribution is 9.10. The molecule has 120 valence electrons. The molecular formula is C16H25BrF2N2. The van der Waals surface area contributed by atoms with E-state index >= 15 is 0 Å². The van der Waals surface area contributed by atoms with Crippen molar-refractivity contribution < 1.29 is 8.78 Å². The Hall–Kier alpha value is -0.520. The van der Waals surface area contributed by atoms with E-state index in [1.54, 1.807) is 7.05 Å². The second-order valence-corrected chi connectivity index (χ2v) is 6.22. The van der Waals surface area contributed by atoms with Crippen molar-refractivity contribution in [2.45, 2.75) is 45.7 Å². The Morgan fingerprint density at radius 3 is 2.24 bits per heavy atom. The molecule has 0 aromatic heterocycles. The van der Waals surface area contributed by atoms with Gasteiger partial charge in [0.2, 0.25) is 0 Å². The Labute approximate surface area is 135 Å². The highest BCUT2D eigenvalue weighted by Crippen LogP contribution is 2.37. The summed E-state index contributed by atoms with van der Waals surface area (Å²) < 4.78 is 29.1. The van der Waals surface area contributed by atoms with Crippen LogP contribution in [0.5, 0.6) is 0 Å². The van der Waals surface area contributed by atoms with Crippen LogP contribution in [0.1, 0.15) is 45.7 Å². The molecule has 0 radical (unpaired) electrons. The van der Waals surface area contributed by atoms with Gasteiger partial charge >= 0.3 is 0 Å². The number of nitrogens with zero attached hydrogens (tertiary/aromatic N) is 1. The third kappa shape index (κ3) is 3.46. The molecule has 0 bridgehead atoms. The van der Waals surface area contributed by atoms with Crippen molar-refractivity contribution in [3.8, 4) is 0 Å². The van der Waals surface area contributed by atoms with Gasteiger partial charge in [0.1, 0.15) is 11.6 Å². The zero-order chi connectivity index (χ0) is 16.2. The second kappa shape index (κ2) is 7.65. The second-order valence-electron chi connectivity index (χ2n) is 5.36. The fourth-order valence-corrected chi connectivity index (χ4v) is 3.48. The fourth-order valence-electron chi connectivity index (χ4n) is 3.13. The molecule has 5 heteroatoms. The first kappa shape index (κ1) is 18.5. The van der Waals surface area contributed by atoms with Crippen molar-refractivity contribution in [1.82, 2.24) is 10.2 Å². The van der Waals surface area contributed by atoms with E-state index in [-0.39, 0.29) is 15.6 Å². The minimum atomic E-state index is -0.527. The summed E-state index contributed by atoms with van der Waals surface area (Å²) in [5.41, 5.74) is -0.274. The summed E-state index contributed by atoms with van der Waals surface area (Å²) in [6, 6.07) is 2.28. The summed E-state index contributed by atoms with van der Waals surface area (Å²) in [5, 5.41) is 3.13. The standard InChI is InChI=1S/C16H25BrF2N2/c1-6-16(4,21(7-2)8-3)15(20-5)13-12(18)10-9-11(17)14(13)19/h9-10,15,20H,6-8H2,1-5H3. The summed E-state index contributed by atoms with van der Waals surface area (Å²) in [4.78, 5) is 2.24. The summed E-state index contributed by atoms with van der Waals surface area (Å²) >= 11 is 3.15. The summed E-state index contributed by atoms with van der Waals surface area (Å²) in [6.45, 7) is 9.90. The van der Waals surface area contributed by atoms with Crippen molar-refractivity contribution >= 4 is 15.9 Å². The average molecular weight is 363 g/mol. The number of likely N-dealkylation sites (N-methyl/N-ethyl adjacent to an activating group) is 2. The molecule has 1 rings (SSSR count). The molecule has 0 saturated carbocycles. The number of hydrogen-bond donors (Lipinski definition) is 1. The van der Waals surface area contributed by atoms with Crippen LogP contribution in [0, 0.1) is 11.6 Å². The van der Waals surface area contributed by atoms with Crippen LogP contribution in [0.3, 0.4) is 0 Å². The van der Waals surface area contributed by atoms with Crippen LogP contribution >= 0.6 is 15.9 Å². The van der Waals surface area contributed by atoms with Gasteiger partial charge in [0, 0.05) is 11.1 Å². The maximum atomic E-state index is 14.5. The van der Waals surface area contributed by atoms with E-state index in [1.165, 1.54) is 12.1 Å². The molecule has 1 aromatic carbocycles. The molecule has 1 N–H and O–H groups in total. The van der Waals surface area contributed by atoms with Gasteiger partial charge in [-0.1, -0.05) is 20.8 Å². The van der Waals surface area contributed by atoms with Gasteiger partial charge in [0.05, 0.1) is 10.5 Å². The monoisotopic (exact) mass is 362 g/mol. The van der Waals surface area contributed by atoms with Crippen LogP contribution in [-0.2, 0) is 0 Å². The van der Waals surface area contributed by atoms with Crippen molar-refractivity contribution in [3.05, 3.63) is 33.8 Å². The van der Waals surface area contributed by atoms with E-state index < -0.39 is 17.7 Å². The first-order chi connectivity index (χ1) is 9.87. The van der Waals surface area contributed by atoms with Crippen molar-refractivity contribution in [1.29, 1.82) is 0 Å². The molecule has 0 spiro atoms. The van der Waals surface area contributed by atoms with Crippen molar-refractivity contribution in [2.24, 2.45) is 0 Å². The molecule has 21 heavy (non-hydrogen) atoms. The SMILES string of the molecule is CCN(CC)C(C)(CC)C(NC)c1c(F)ccc(Br)c1F. The van der Waals surface area contributed by atoms with Crippen LogP contribution in [-0.4, -0.2) is 30.6 Å². The van der Waals surface area contributed by atoms with Crippen LogP contribution < -0.4 is 5.32 Å². The number of nitrogens with one attached hydrogen (secondary N) is 1. The number of hydrogen-bond acceptors (Lipinski definition) is 2. The highest BCUT2D eigenvalue weighted by Gasteiger charge is 2.40. The van der Waals surface area contributed by atoms with Crippen LogP contribution in [0.2, 0.25) is 0 Å². The molecule has 0 aliphatic rings. The third-order valence-electron chi connectivity index (χ3n) is 4.48. The van der Waals surface area contributed by atoms with Gasteiger partial charge < -0.3 is 5.32 Å². The summed E-state index contributed by atoms with van der Waals surface area (Å²) in [7, 11) is 1.75. The average Bonchev–Trinajstić information content (AvgIpc) is 2.48. The Morgan fingerprint density at radius 2 is 1.81 bits per heavy atom. The smallest absolute Gasteiger partial charge is 0.145 e. The van der Waals surface area contributed by atoms with Gasteiger partial charge in [-0.25, -0.2) is 8.78 Å². The number of halogens is 3. The van der Waals surface area contributed by atoms with Gasteiger partial charge in [0.15, 0.2) is 0 Å². The van der Waals surface area contributed by atoms with Crippen LogP contribution in [0.4, 0.5) is 8.78 Å². The molecule has 0 aliphatic heterocycles. The van der Waals surface area contributed by atoms with E-state index in [0.29, 0.717) is 0 Å². The molecule has 0 amide bonds. The lowest BCUT2D eigenvalue weighted by molar-refractivity contribution is 0.0699. The maximum absolute atomic E-state index is 14.5. The lowest BCUT2D eigenvalue weighted by atomic mass is 9.82. The normalized spacial score (nSPS) is 16.0. The van der Waals surface area contributed by atoms with Crippen molar-refractivity contribution in [2.75, 3.05) is 20.1 Å². The molecule has 2 atom stereocenters. The van der Waals surface area contributed by atoms with Crippen LogP contribution in [0.25, 0.3) is 0 Å². The molecule has 0 aliphatic carbocycles. The molecule has 2 unspecified atom stereocenters. The molecular weight excluding hydrogens is 338 g/mol. The van der Waals surface area contributed by atoms with Gasteiger partial charge in [-0.2, -0.15) is 0 Å². The molecule has 2 nitrogen and oxygen atoms in total. The maximum Gasteiger partial charge on any atom is 0.145 e. The molecule has 0 fully saturated rings. The van der Waals surface area contributed by atoms with E-state index in [4.69, 9.17) is 0 Å². The first-order valence-corrected chi connectivity index (χ1v) is 8.22. The lowest BCUT2D eigenvalue weighted by Crippen LogP contribution is -2.54. The largest absolute Gasteiger partial charge is 0.311 e. The quantitative estimate of drug-likeness (QED) is 0.718. The Balaban J connectivity index is 3.45. The van der Waals surface area contributed by atoms with Crippen molar-refractivity contribution in [3.63, 3.8) is 0 Å². The van der Waals surface area contributed by atoms with Gasteiger partial charge in [-0.05, 0) is 61.5 Å². The molecule has 1 aromatic rings. The van der Waals surface area contributed by atoms with E-state index in [0.717, 1.165) is 19.5 Å². The highest BCUT2D eigenvalue weighted by atomic mass is 79.9. The van der Waals surface area contributed by atoms with E-state index in [1.807, 2.05) is 0 Å². The minimum absolute atomic E-state index is 0.100. The summed E-state index contributed by atoms with van der Waals surface area (Å²) in [6.07, 6.45) is 0.783. The minimum Gasteiger partial charge on any atom is -0.311 e. The zero-order valence-corrected chi connectivity index (χ0v) is 15.0. The lowest BCUT2D eigenvalue weighted by Gasteiger charge is -2.46. The Morgan fingerprint density at radius 1 is 1.24 bits per heavy atom. The molecule has 0 saturated heterocycles. The Bertz CT molecular complexity index is 478. The van der Waals surface area contributed by atoms with Crippen LogP contribution in [0.15, 0.2) is 16.6 Å². The first-order valence-electron chi connectivity index (χ1n) is 7.42. The van der Waals surface area contributed by atoms with E-state index in [2.05, 4.69) is 53.8 Å². The third-order valence-corrected chi connectivity index (χ3v) is 5.09. The van der Waals surface area contributed by atoms with E-state index in [9.17, 15) is 8.78 Å². The summed E-state index contributed by atoms with van der Waals surface area (Å²) in [5.74, 6) is -1.04. The predicted molar refractivity (Wildman–Crippen MR) is 87.5 cm³/mol. The fraction of sp³-hybridized carbons (Fsp3) is 0.625. The zero-order valence-electron chi connectivity index (χ0n) is 13.4. The predicted octanol–water partition coefficient (Wildman–Crippen LogP) is 4.50. The number of rotatable bonds is 7. The topological polar surface area (TPSA) is 15.3 Å². The van der Waals surface area contributed by atoms with Gasteiger partial charge in [-0.15, -0.1) is 0 Å². The Kier molecular flexibility index (Phi) is 6.75. The molecule has 0 heterocycles. The van der Waals surface area contributed by atoms with Gasteiger partial charge in [-0.3, -0.25) is 4.90 Å². The number of benzene rings is 1.